The number of halogens is 1. The van der Waals surface area contributed by atoms with Crippen molar-refractivity contribution in [1.29, 1.82) is 0 Å². The summed E-state index contributed by atoms with van der Waals surface area (Å²) in [6.07, 6.45) is 0. The van der Waals surface area contributed by atoms with Crippen molar-refractivity contribution in [2.24, 2.45) is 0 Å². The van der Waals surface area contributed by atoms with Crippen molar-refractivity contribution in [3.05, 3.63) is 76.8 Å². The number of nitrogens with one attached hydrogen (secondary N) is 2. The van der Waals surface area contributed by atoms with E-state index in [1.165, 1.54) is 18.3 Å². The van der Waals surface area contributed by atoms with Gasteiger partial charge in [-0.25, -0.2) is 4.98 Å². The van der Waals surface area contributed by atoms with Crippen LogP contribution in [-0.4, -0.2) is 16.8 Å². The molecule has 0 bridgehead atoms. The Morgan fingerprint density at radius 3 is 2.50 bits per heavy atom. The van der Waals surface area contributed by atoms with Gasteiger partial charge in [-0.05, 0) is 36.4 Å². The first-order valence-corrected chi connectivity index (χ1v) is 10.2. The summed E-state index contributed by atoms with van der Waals surface area (Å²) in [5.41, 5.74) is 3.03. The molecule has 6 nitrogen and oxygen atoms in total. The lowest BCUT2D eigenvalue weighted by Crippen LogP contribution is -2.10. The molecule has 0 unspecified atom stereocenters. The van der Waals surface area contributed by atoms with Crippen molar-refractivity contribution in [2.45, 2.75) is 6.92 Å². The minimum absolute atomic E-state index is 0.128. The monoisotopic (exact) mass is 437 g/mol. The van der Waals surface area contributed by atoms with Crippen LogP contribution in [0.4, 0.5) is 10.8 Å². The molecule has 150 valence electrons. The molecule has 2 amide bonds. The third-order valence-electron chi connectivity index (χ3n) is 4.19. The number of hydrogen-bond donors (Lipinski definition) is 2. The van der Waals surface area contributed by atoms with Gasteiger partial charge in [-0.3, -0.25) is 14.9 Å². The van der Waals surface area contributed by atoms with Crippen molar-refractivity contribution >= 4 is 45.6 Å². The molecular weight excluding hydrogens is 422 g/mol. The summed E-state index contributed by atoms with van der Waals surface area (Å²) in [4.78, 5) is 28.1. The van der Waals surface area contributed by atoms with Gasteiger partial charge in [-0.15, -0.1) is 11.3 Å². The summed E-state index contributed by atoms with van der Waals surface area (Å²) in [7, 11) is 0. The number of anilines is 2. The molecular formula is C22H16ClN3O3S. The van der Waals surface area contributed by atoms with E-state index < -0.39 is 5.91 Å². The zero-order chi connectivity index (χ0) is 21.1. The number of aromatic nitrogens is 1. The molecule has 2 aromatic carbocycles. The van der Waals surface area contributed by atoms with Crippen LogP contribution in [0, 0.1) is 0 Å². The second-order valence-electron chi connectivity index (χ2n) is 6.39. The SMILES string of the molecule is CC(=O)Nc1ccc(-c2csc(NC(=O)c3ccc(-c4ccccc4Cl)o3)n2)cc1. The van der Waals surface area contributed by atoms with Crippen LogP contribution in [0.2, 0.25) is 5.02 Å². The van der Waals surface area contributed by atoms with Gasteiger partial charge in [0.25, 0.3) is 5.91 Å². The van der Waals surface area contributed by atoms with Crippen LogP contribution in [0.25, 0.3) is 22.6 Å². The molecule has 30 heavy (non-hydrogen) atoms. The van der Waals surface area contributed by atoms with Gasteiger partial charge in [-0.1, -0.05) is 35.9 Å². The van der Waals surface area contributed by atoms with Crippen LogP contribution in [0.1, 0.15) is 17.5 Å². The maximum atomic E-state index is 12.5. The summed E-state index contributed by atoms with van der Waals surface area (Å²) in [6.45, 7) is 1.46. The number of benzene rings is 2. The first kappa shape index (κ1) is 19.9. The Morgan fingerprint density at radius 1 is 1.00 bits per heavy atom. The quantitative estimate of drug-likeness (QED) is 0.405. The highest BCUT2D eigenvalue weighted by molar-refractivity contribution is 7.14. The molecule has 0 aliphatic rings. The predicted molar refractivity (Wildman–Crippen MR) is 119 cm³/mol. The summed E-state index contributed by atoms with van der Waals surface area (Å²) in [6, 6.07) is 17.9. The molecule has 2 heterocycles. The number of hydrogen-bond acceptors (Lipinski definition) is 5. The van der Waals surface area contributed by atoms with E-state index in [1.807, 2.05) is 35.7 Å². The van der Waals surface area contributed by atoms with Crippen LogP contribution in [0.5, 0.6) is 0 Å². The normalized spacial score (nSPS) is 10.6. The molecule has 0 fully saturated rings. The highest BCUT2D eigenvalue weighted by Crippen LogP contribution is 2.30. The van der Waals surface area contributed by atoms with Gasteiger partial charge in [-0.2, -0.15) is 0 Å². The van der Waals surface area contributed by atoms with E-state index in [9.17, 15) is 9.59 Å². The van der Waals surface area contributed by atoms with Crippen molar-refractivity contribution in [2.75, 3.05) is 10.6 Å². The molecule has 0 spiro atoms. The van der Waals surface area contributed by atoms with Gasteiger partial charge < -0.3 is 9.73 Å². The summed E-state index contributed by atoms with van der Waals surface area (Å²) >= 11 is 7.50. The molecule has 4 rings (SSSR count). The number of amides is 2. The van der Waals surface area contributed by atoms with Crippen molar-refractivity contribution in [3.8, 4) is 22.6 Å². The molecule has 0 atom stereocenters. The molecule has 0 saturated carbocycles. The van der Waals surface area contributed by atoms with Crippen LogP contribution in [-0.2, 0) is 4.79 Å². The topological polar surface area (TPSA) is 84.2 Å². The van der Waals surface area contributed by atoms with Gasteiger partial charge in [0.1, 0.15) is 5.76 Å². The molecule has 0 aliphatic carbocycles. The van der Waals surface area contributed by atoms with E-state index in [4.69, 9.17) is 16.0 Å². The third kappa shape index (κ3) is 4.42. The molecule has 2 N–H and O–H groups in total. The standard InChI is InChI=1S/C22H16ClN3O3S/c1-13(27)24-15-8-6-14(7-9-15)18-12-30-22(25-18)26-21(28)20-11-10-19(29-20)16-4-2-3-5-17(16)23/h2-12H,1H3,(H,24,27)(H,25,26,28). The van der Waals surface area contributed by atoms with Gasteiger partial charge in [0, 0.05) is 29.1 Å². The average molecular weight is 438 g/mol. The molecule has 2 aromatic heterocycles. The Labute approximate surface area is 181 Å². The molecule has 0 saturated heterocycles. The maximum absolute atomic E-state index is 12.5. The second kappa shape index (κ2) is 8.52. The summed E-state index contributed by atoms with van der Waals surface area (Å²) in [5, 5.41) is 8.32. The lowest BCUT2D eigenvalue weighted by Gasteiger charge is -2.03. The number of furan rings is 1. The minimum atomic E-state index is -0.393. The predicted octanol–water partition coefficient (Wildman–Crippen LogP) is 5.93. The number of carbonyl (C=O) groups excluding carboxylic acids is 2. The van der Waals surface area contributed by atoms with E-state index in [2.05, 4.69) is 15.6 Å². The maximum Gasteiger partial charge on any atom is 0.293 e. The summed E-state index contributed by atoms with van der Waals surface area (Å²) in [5.74, 6) is 0.165. The van der Waals surface area contributed by atoms with Gasteiger partial charge in [0.2, 0.25) is 5.91 Å². The van der Waals surface area contributed by atoms with Crippen molar-refractivity contribution in [3.63, 3.8) is 0 Å². The first-order chi connectivity index (χ1) is 14.5. The highest BCUT2D eigenvalue weighted by Gasteiger charge is 2.15. The van der Waals surface area contributed by atoms with Crippen LogP contribution in [0.15, 0.2) is 70.5 Å². The van der Waals surface area contributed by atoms with E-state index in [0.29, 0.717) is 21.6 Å². The van der Waals surface area contributed by atoms with Gasteiger partial charge in [0.05, 0.1) is 10.7 Å². The Morgan fingerprint density at radius 2 is 1.77 bits per heavy atom. The lowest BCUT2D eigenvalue weighted by molar-refractivity contribution is -0.114. The Bertz CT molecular complexity index is 1210. The molecule has 8 heteroatoms. The number of rotatable bonds is 5. The smallest absolute Gasteiger partial charge is 0.293 e. The van der Waals surface area contributed by atoms with Crippen LogP contribution < -0.4 is 10.6 Å². The van der Waals surface area contributed by atoms with E-state index in [-0.39, 0.29) is 11.7 Å². The van der Waals surface area contributed by atoms with Gasteiger partial charge >= 0.3 is 0 Å². The zero-order valence-corrected chi connectivity index (χ0v) is 17.4. The van der Waals surface area contributed by atoms with E-state index in [0.717, 1.165) is 16.8 Å². The fourth-order valence-electron chi connectivity index (χ4n) is 2.82. The van der Waals surface area contributed by atoms with Crippen LogP contribution >= 0.6 is 22.9 Å². The molecule has 0 radical (unpaired) electrons. The Balaban J connectivity index is 1.46. The second-order valence-corrected chi connectivity index (χ2v) is 7.66. The summed E-state index contributed by atoms with van der Waals surface area (Å²) < 4.78 is 5.67. The largest absolute Gasteiger partial charge is 0.451 e. The van der Waals surface area contributed by atoms with E-state index >= 15 is 0 Å². The Hall–Kier alpha value is -3.42. The minimum Gasteiger partial charge on any atom is -0.451 e. The Kier molecular flexibility index (Phi) is 5.65. The van der Waals surface area contributed by atoms with Crippen molar-refractivity contribution < 1.29 is 14.0 Å². The number of thiazole rings is 1. The number of carbonyl (C=O) groups is 2. The fraction of sp³-hybridized carbons (Fsp3) is 0.0455. The van der Waals surface area contributed by atoms with Crippen molar-refractivity contribution in [1.82, 2.24) is 4.98 Å². The average Bonchev–Trinajstić information content (AvgIpc) is 3.38. The lowest BCUT2D eigenvalue weighted by atomic mass is 10.1. The molecule has 0 aliphatic heterocycles. The number of nitrogens with zero attached hydrogens (tertiary/aromatic N) is 1. The fourth-order valence-corrected chi connectivity index (χ4v) is 3.76. The third-order valence-corrected chi connectivity index (χ3v) is 5.28. The van der Waals surface area contributed by atoms with E-state index in [1.54, 1.807) is 30.3 Å². The zero-order valence-electron chi connectivity index (χ0n) is 15.8. The first-order valence-electron chi connectivity index (χ1n) is 8.99. The van der Waals surface area contributed by atoms with Crippen LogP contribution in [0.3, 0.4) is 0 Å². The highest BCUT2D eigenvalue weighted by atomic mass is 35.5. The molecule has 4 aromatic rings. The van der Waals surface area contributed by atoms with Gasteiger partial charge in [0.15, 0.2) is 10.9 Å².